The maximum absolute atomic E-state index is 12.2. The zero-order valence-corrected chi connectivity index (χ0v) is 12.3. The van der Waals surface area contributed by atoms with Crippen LogP contribution in [-0.4, -0.2) is 17.1 Å². The number of rotatable bonds is 4. The number of hydrazone groups is 1. The minimum atomic E-state index is -0.223. The average Bonchev–Trinajstić information content (AvgIpc) is 2.99. The molecule has 3 aromatic rings. The molecular formula is C18H17N3O. The number of nitrogens with one attached hydrogen (secondary N) is 2. The monoisotopic (exact) mass is 291 g/mol. The number of amides is 1. The van der Waals surface area contributed by atoms with Crippen molar-refractivity contribution in [1.82, 2.24) is 10.4 Å². The van der Waals surface area contributed by atoms with Crippen LogP contribution in [-0.2, 0) is 6.42 Å². The number of benzene rings is 2. The van der Waals surface area contributed by atoms with Crippen molar-refractivity contribution in [2.75, 3.05) is 0 Å². The van der Waals surface area contributed by atoms with E-state index in [-0.39, 0.29) is 5.91 Å². The molecule has 0 saturated carbocycles. The van der Waals surface area contributed by atoms with Crippen LogP contribution in [0.2, 0.25) is 0 Å². The van der Waals surface area contributed by atoms with E-state index >= 15 is 0 Å². The van der Waals surface area contributed by atoms with Gasteiger partial charge in [-0.2, -0.15) is 5.10 Å². The van der Waals surface area contributed by atoms with E-state index in [2.05, 4.69) is 34.6 Å². The van der Waals surface area contributed by atoms with Gasteiger partial charge in [0.2, 0.25) is 0 Å². The van der Waals surface area contributed by atoms with Gasteiger partial charge in [-0.1, -0.05) is 49.4 Å². The normalized spacial score (nSPS) is 11.1. The van der Waals surface area contributed by atoms with Crippen LogP contribution in [0.5, 0.6) is 0 Å². The summed E-state index contributed by atoms with van der Waals surface area (Å²) in [4.78, 5) is 15.2. The molecule has 1 heterocycles. The van der Waals surface area contributed by atoms with Gasteiger partial charge < -0.3 is 4.98 Å². The summed E-state index contributed by atoms with van der Waals surface area (Å²) >= 11 is 0. The summed E-state index contributed by atoms with van der Waals surface area (Å²) in [6.07, 6.45) is 4.35. The molecule has 1 aromatic heterocycles. The first-order valence-corrected chi connectivity index (χ1v) is 7.26. The number of fused-ring (bicyclic) bond motifs is 1. The van der Waals surface area contributed by atoms with Crippen LogP contribution >= 0.6 is 0 Å². The molecule has 0 bridgehead atoms. The second-order valence-corrected chi connectivity index (χ2v) is 5.04. The summed E-state index contributed by atoms with van der Waals surface area (Å²) in [5.74, 6) is -0.223. The molecule has 22 heavy (non-hydrogen) atoms. The lowest BCUT2D eigenvalue weighted by Crippen LogP contribution is -2.17. The van der Waals surface area contributed by atoms with Crippen LogP contribution in [0, 0.1) is 0 Å². The van der Waals surface area contributed by atoms with E-state index in [1.807, 2.05) is 36.4 Å². The van der Waals surface area contributed by atoms with Gasteiger partial charge in [0.1, 0.15) is 0 Å². The lowest BCUT2D eigenvalue weighted by molar-refractivity contribution is 0.0957. The predicted octanol–water partition coefficient (Wildman–Crippen LogP) is 3.49. The van der Waals surface area contributed by atoms with Crippen LogP contribution in [0.4, 0.5) is 0 Å². The number of aromatic nitrogens is 1. The molecule has 2 N–H and O–H groups in total. The zero-order valence-electron chi connectivity index (χ0n) is 12.3. The van der Waals surface area contributed by atoms with Crippen LogP contribution in [0.15, 0.2) is 59.8 Å². The van der Waals surface area contributed by atoms with E-state index in [1.165, 1.54) is 5.56 Å². The third-order valence-electron chi connectivity index (χ3n) is 3.60. The van der Waals surface area contributed by atoms with Gasteiger partial charge in [0.25, 0.3) is 5.91 Å². The van der Waals surface area contributed by atoms with Crippen LogP contribution < -0.4 is 5.43 Å². The van der Waals surface area contributed by atoms with Crippen molar-refractivity contribution >= 4 is 23.0 Å². The minimum Gasteiger partial charge on any atom is -0.360 e. The molecule has 4 nitrogen and oxygen atoms in total. The zero-order chi connectivity index (χ0) is 15.4. The van der Waals surface area contributed by atoms with Gasteiger partial charge in [0.15, 0.2) is 0 Å². The molecular weight excluding hydrogens is 274 g/mol. The first kappa shape index (κ1) is 14.1. The van der Waals surface area contributed by atoms with Gasteiger partial charge in [-0.05, 0) is 23.6 Å². The number of hydrogen-bond donors (Lipinski definition) is 2. The maximum Gasteiger partial charge on any atom is 0.273 e. The van der Waals surface area contributed by atoms with E-state index in [1.54, 1.807) is 12.4 Å². The fraction of sp³-hybridized carbons (Fsp3) is 0.111. The summed E-state index contributed by atoms with van der Waals surface area (Å²) in [5, 5.41) is 4.91. The Morgan fingerprint density at radius 2 is 1.95 bits per heavy atom. The molecule has 0 fully saturated rings. The highest BCUT2D eigenvalue weighted by atomic mass is 16.2. The molecule has 0 aliphatic heterocycles. The number of H-pyrrole nitrogens is 1. The molecule has 0 saturated heterocycles. The quantitative estimate of drug-likeness (QED) is 0.561. The molecule has 0 aliphatic rings. The SMILES string of the molecule is CCc1ccc(/C=N\NC(=O)c2c[nH]c3ccccc23)cc1. The van der Waals surface area contributed by atoms with E-state index in [4.69, 9.17) is 0 Å². The smallest absolute Gasteiger partial charge is 0.273 e. The predicted molar refractivity (Wildman–Crippen MR) is 89.2 cm³/mol. The van der Waals surface area contributed by atoms with Gasteiger partial charge in [-0.3, -0.25) is 4.79 Å². The molecule has 3 rings (SSSR count). The number of nitrogens with zero attached hydrogens (tertiary/aromatic N) is 1. The average molecular weight is 291 g/mol. The first-order valence-electron chi connectivity index (χ1n) is 7.26. The highest BCUT2D eigenvalue weighted by Gasteiger charge is 2.10. The second kappa shape index (κ2) is 6.26. The molecule has 1 amide bonds. The fourth-order valence-electron chi connectivity index (χ4n) is 2.32. The van der Waals surface area contributed by atoms with Crippen LogP contribution in [0.3, 0.4) is 0 Å². The van der Waals surface area contributed by atoms with Crippen molar-refractivity contribution in [3.8, 4) is 0 Å². The number of aryl methyl sites for hydroxylation is 1. The number of carbonyl (C=O) groups is 1. The van der Waals surface area contributed by atoms with Crippen molar-refractivity contribution < 1.29 is 4.79 Å². The van der Waals surface area contributed by atoms with Crippen LogP contribution in [0.25, 0.3) is 10.9 Å². The number of para-hydroxylation sites is 1. The number of carbonyl (C=O) groups excluding carboxylic acids is 1. The molecule has 2 aromatic carbocycles. The van der Waals surface area contributed by atoms with Crippen molar-refractivity contribution in [1.29, 1.82) is 0 Å². The summed E-state index contributed by atoms with van der Waals surface area (Å²) < 4.78 is 0. The van der Waals surface area contributed by atoms with E-state index < -0.39 is 0 Å². The Balaban J connectivity index is 1.70. The Morgan fingerprint density at radius 3 is 2.73 bits per heavy atom. The Kier molecular flexibility index (Phi) is 4.01. The lowest BCUT2D eigenvalue weighted by Gasteiger charge is -1.99. The number of aromatic amines is 1. The minimum absolute atomic E-state index is 0.223. The third-order valence-corrected chi connectivity index (χ3v) is 3.60. The highest BCUT2D eigenvalue weighted by molar-refractivity contribution is 6.06. The molecule has 4 heteroatoms. The van der Waals surface area contributed by atoms with E-state index in [0.29, 0.717) is 5.56 Å². The number of hydrogen-bond acceptors (Lipinski definition) is 2. The molecule has 110 valence electrons. The Hall–Kier alpha value is -2.88. The molecule has 0 atom stereocenters. The van der Waals surface area contributed by atoms with Crippen molar-refractivity contribution in [3.63, 3.8) is 0 Å². The van der Waals surface area contributed by atoms with E-state index in [9.17, 15) is 4.79 Å². The van der Waals surface area contributed by atoms with Crippen molar-refractivity contribution in [2.45, 2.75) is 13.3 Å². The molecule has 0 spiro atoms. The lowest BCUT2D eigenvalue weighted by atomic mass is 10.1. The van der Waals surface area contributed by atoms with Gasteiger partial charge in [0, 0.05) is 17.1 Å². The van der Waals surface area contributed by atoms with Gasteiger partial charge in [-0.25, -0.2) is 5.43 Å². The van der Waals surface area contributed by atoms with Gasteiger partial charge >= 0.3 is 0 Å². The third kappa shape index (κ3) is 2.91. The summed E-state index contributed by atoms with van der Waals surface area (Å²) in [7, 11) is 0. The largest absolute Gasteiger partial charge is 0.360 e. The molecule has 0 unspecified atom stereocenters. The summed E-state index contributed by atoms with van der Waals surface area (Å²) in [6.45, 7) is 2.12. The Bertz CT molecular complexity index is 816. The van der Waals surface area contributed by atoms with Crippen molar-refractivity contribution in [2.24, 2.45) is 5.10 Å². The maximum atomic E-state index is 12.2. The topological polar surface area (TPSA) is 57.2 Å². The van der Waals surface area contributed by atoms with E-state index in [0.717, 1.165) is 22.9 Å². The second-order valence-electron chi connectivity index (χ2n) is 5.04. The highest BCUT2D eigenvalue weighted by Crippen LogP contribution is 2.17. The first-order chi connectivity index (χ1) is 10.8. The standard InChI is InChI=1S/C18H17N3O/c1-2-13-7-9-14(10-8-13)11-20-21-18(22)16-12-19-17-6-4-3-5-15(16)17/h3-12,19H,2H2,1H3,(H,21,22)/b20-11-. The fourth-order valence-corrected chi connectivity index (χ4v) is 2.32. The van der Waals surface area contributed by atoms with Crippen molar-refractivity contribution in [3.05, 3.63) is 71.4 Å². The molecule has 0 radical (unpaired) electrons. The molecule has 0 aliphatic carbocycles. The summed E-state index contributed by atoms with van der Waals surface area (Å²) in [5.41, 5.74) is 6.33. The van der Waals surface area contributed by atoms with Gasteiger partial charge in [-0.15, -0.1) is 0 Å². The van der Waals surface area contributed by atoms with Crippen LogP contribution in [0.1, 0.15) is 28.4 Å². The Morgan fingerprint density at radius 1 is 1.18 bits per heavy atom. The van der Waals surface area contributed by atoms with Gasteiger partial charge in [0.05, 0.1) is 11.8 Å². The summed E-state index contributed by atoms with van der Waals surface area (Å²) in [6, 6.07) is 15.8. The Labute approximate surface area is 128 Å².